The third-order valence-electron chi connectivity index (χ3n) is 4.46. The number of carbonyl (C=O) groups is 1. The Hall–Kier alpha value is -1.39. The largest absolute Gasteiger partial charge is 0.325 e. The number of hydrogen-bond acceptors (Lipinski definition) is 3. The summed E-state index contributed by atoms with van der Waals surface area (Å²) in [6.07, 6.45) is 0. The maximum atomic E-state index is 12.5. The number of para-hydroxylation sites is 1. The third-order valence-corrected chi connectivity index (χ3v) is 4.46. The second kappa shape index (κ2) is 8.13. The van der Waals surface area contributed by atoms with E-state index in [1.54, 1.807) is 0 Å². The molecule has 0 unspecified atom stereocenters. The molecule has 1 aromatic carbocycles. The summed E-state index contributed by atoms with van der Waals surface area (Å²) in [4.78, 5) is 17.2. The van der Waals surface area contributed by atoms with E-state index in [9.17, 15) is 4.79 Å². The van der Waals surface area contributed by atoms with Crippen molar-refractivity contribution >= 4 is 11.6 Å². The van der Waals surface area contributed by atoms with E-state index in [-0.39, 0.29) is 11.3 Å². The molecule has 1 fully saturated rings. The van der Waals surface area contributed by atoms with Crippen LogP contribution in [-0.4, -0.2) is 55.0 Å². The van der Waals surface area contributed by atoms with E-state index < -0.39 is 0 Å². The summed E-state index contributed by atoms with van der Waals surface area (Å²) in [6.45, 7) is 16.7. The Morgan fingerprint density at radius 3 is 2.25 bits per heavy atom. The predicted molar refractivity (Wildman–Crippen MR) is 101 cm³/mol. The molecule has 0 spiro atoms. The smallest absolute Gasteiger partial charge is 0.238 e. The first-order valence-electron chi connectivity index (χ1n) is 9.10. The lowest BCUT2D eigenvalue weighted by Gasteiger charge is -2.35. The number of benzene rings is 1. The third kappa shape index (κ3) is 5.60. The van der Waals surface area contributed by atoms with Gasteiger partial charge in [0.15, 0.2) is 0 Å². The predicted octanol–water partition coefficient (Wildman–Crippen LogP) is 3.20. The van der Waals surface area contributed by atoms with Crippen molar-refractivity contribution in [3.05, 3.63) is 29.8 Å². The Bertz CT molecular complexity index is 540. The molecule has 1 N–H and O–H groups in total. The molecule has 0 aromatic heterocycles. The molecule has 0 aliphatic carbocycles. The summed E-state index contributed by atoms with van der Waals surface area (Å²) in [6, 6.07) is 8.11. The van der Waals surface area contributed by atoms with Gasteiger partial charge in [0.2, 0.25) is 5.91 Å². The first kappa shape index (κ1) is 18.9. The van der Waals surface area contributed by atoms with Crippen molar-refractivity contribution in [3.8, 4) is 0 Å². The molecule has 0 bridgehead atoms. The summed E-state index contributed by atoms with van der Waals surface area (Å²) in [7, 11) is 0. The van der Waals surface area contributed by atoms with Crippen LogP contribution in [0.25, 0.3) is 0 Å². The summed E-state index contributed by atoms with van der Waals surface area (Å²) >= 11 is 0. The van der Waals surface area contributed by atoms with Crippen LogP contribution in [0.1, 0.15) is 40.2 Å². The second-order valence-electron chi connectivity index (χ2n) is 8.31. The summed E-state index contributed by atoms with van der Waals surface area (Å²) in [5.74, 6) is 0.790. The Morgan fingerprint density at radius 2 is 1.67 bits per heavy atom. The van der Waals surface area contributed by atoms with Gasteiger partial charge in [0, 0.05) is 38.4 Å². The number of rotatable bonds is 5. The quantitative estimate of drug-likeness (QED) is 0.900. The minimum atomic E-state index is 0.0202. The second-order valence-corrected chi connectivity index (χ2v) is 8.31. The molecule has 0 saturated carbocycles. The Labute approximate surface area is 147 Å². The van der Waals surface area contributed by atoms with E-state index in [1.807, 2.05) is 18.2 Å². The number of piperazine rings is 1. The van der Waals surface area contributed by atoms with Crippen LogP contribution < -0.4 is 5.32 Å². The molecule has 4 nitrogen and oxygen atoms in total. The van der Waals surface area contributed by atoms with Crippen LogP contribution >= 0.6 is 0 Å². The molecule has 2 rings (SSSR count). The normalized spacial score (nSPS) is 17.2. The highest BCUT2D eigenvalue weighted by molar-refractivity contribution is 5.93. The van der Waals surface area contributed by atoms with Gasteiger partial charge in [0.1, 0.15) is 0 Å². The Morgan fingerprint density at radius 1 is 1.08 bits per heavy atom. The molecule has 134 valence electrons. The van der Waals surface area contributed by atoms with Crippen LogP contribution in [0.5, 0.6) is 0 Å². The first-order chi connectivity index (χ1) is 11.3. The standard InChI is InChI=1S/C20H33N3O/c1-16(2)14-22-10-12-23(13-11-22)15-19(24)21-18-9-7-6-8-17(18)20(3,4)5/h6-9,16H,10-15H2,1-5H3,(H,21,24). The van der Waals surface area contributed by atoms with Crippen molar-refractivity contribution < 1.29 is 4.79 Å². The van der Waals surface area contributed by atoms with Gasteiger partial charge in [-0.15, -0.1) is 0 Å². The van der Waals surface area contributed by atoms with Gasteiger partial charge >= 0.3 is 0 Å². The van der Waals surface area contributed by atoms with Crippen molar-refractivity contribution in [2.45, 2.75) is 40.0 Å². The van der Waals surface area contributed by atoms with Crippen molar-refractivity contribution in [3.63, 3.8) is 0 Å². The highest BCUT2D eigenvalue weighted by atomic mass is 16.2. The number of amides is 1. The zero-order valence-electron chi connectivity index (χ0n) is 15.9. The lowest BCUT2D eigenvalue weighted by molar-refractivity contribution is -0.117. The van der Waals surface area contributed by atoms with E-state index in [2.05, 4.69) is 55.8 Å². The van der Waals surface area contributed by atoms with Crippen LogP contribution in [0.15, 0.2) is 24.3 Å². The summed E-state index contributed by atoms with van der Waals surface area (Å²) < 4.78 is 0. The van der Waals surface area contributed by atoms with Gasteiger partial charge in [0.25, 0.3) is 0 Å². The maximum absolute atomic E-state index is 12.5. The molecule has 1 aromatic rings. The molecule has 1 aliphatic heterocycles. The van der Waals surface area contributed by atoms with Gasteiger partial charge in [-0.1, -0.05) is 52.8 Å². The molecular formula is C20H33N3O. The van der Waals surface area contributed by atoms with Gasteiger partial charge in [-0.3, -0.25) is 9.69 Å². The van der Waals surface area contributed by atoms with E-state index in [0.29, 0.717) is 12.5 Å². The van der Waals surface area contributed by atoms with E-state index in [4.69, 9.17) is 0 Å². The van der Waals surface area contributed by atoms with E-state index in [1.165, 1.54) is 5.56 Å². The summed E-state index contributed by atoms with van der Waals surface area (Å²) in [5, 5.41) is 3.11. The number of anilines is 1. The minimum absolute atomic E-state index is 0.0202. The van der Waals surface area contributed by atoms with Crippen molar-refractivity contribution in [1.29, 1.82) is 0 Å². The summed E-state index contributed by atoms with van der Waals surface area (Å²) in [5.41, 5.74) is 2.14. The van der Waals surface area contributed by atoms with Crippen LogP contribution in [0.4, 0.5) is 5.69 Å². The van der Waals surface area contributed by atoms with Gasteiger partial charge in [-0.25, -0.2) is 0 Å². The molecule has 1 aliphatic rings. The fourth-order valence-corrected chi connectivity index (χ4v) is 3.29. The van der Waals surface area contributed by atoms with E-state index in [0.717, 1.165) is 38.4 Å². The molecule has 0 atom stereocenters. The zero-order chi connectivity index (χ0) is 17.7. The number of nitrogens with one attached hydrogen (secondary N) is 1. The molecule has 0 radical (unpaired) electrons. The van der Waals surface area contributed by atoms with Crippen LogP contribution in [0.3, 0.4) is 0 Å². The van der Waals surface area contributed by atoms with Crippen molar-refractivity contribution in [2.24, 2.45) is 5.92 Å². The van der Waals surface area contributed by atoms with Gasteiger partial charge in [0.05, 0.1) is 6.54 Å². The lowest BCUT2D eigenvalue weighted by Crippen LogP contribution is -2.49. The van der Waals surface area contributed by atoms with Crippen LogP contribution in [0.2, 0.25) is 0 Å². The fraction of sp³-hybridized carbons (Fsp3) is 0.650. The number of hydrogen-bond donors (Lipinski definition) is 1. The monoisotopic (exact) mass is 331 g/mol. The minimum Gasteiger partial charge on any atom is -0.325 e. The molecular weight excluding hydrogens is 298 g/mol. The molecule has 1 amide bonds. The van der Waals surface area contributed by atoms with Gasteiger partial charge in [-0.2, -0.15) is 0 Å². The highest BCUT2D eigenvalue weighted by Gasteiger charge is 2.21. The van der Waals surface area contributed by atoms with Crippen molar-refractivity contribution in [2.75, 3.05) is 44.6 Å². The molecule has 4 heteroatoms. The van der Waals surface area contributed by atoms with Crippen LogP contribution in [0, 0.1) is 5.92 Å². The molecule has 24 heavy (non-hydrogen) atoms. The Balaban J connectivity index is 1.87. The van der Waals surface area contributed by atoms with Gasteiger partial charge in [-0.05, 0) is 23.0 Å². The van der Waals surface area contributed by atoms with E-state index >= 15 is 0 Å². The van der Waals surface area contributed by atoms with Crippen molar-refractivity contribution in [1.82, 2.24) is 9.80 Å². The number of carbonyl (C=O) groups excluding carboxylic acids is 1. The highest BCUT2D eigenvalue weighted by Crippen LogP contribution is 2.29. The first-order valence-corrected chi connectivity index (χ1v) is 9.10. The fourth-order valence-electron chi connectivity index (χ4n) is 3.29. The molecule has 1 saturated heterocycles. The van der Waals surface area contributed by atoms with Gasteiger partial charge < -0.3 is 10.2 Å². The average molecular weight is 332 g/mol. The average Bonchev–Trinajstić information content (AvgIpc) is 2.48. The SMILES string of the molecule is CC(C)CN1CCN(CC(=O)Nc2ccccc2C(C)(C)C)CC1. The Kier molecular flexibility index (Phi) is 6.41. The number of nitrogens with zero attached hydrogens (tertiary/aromatic N) is 2. The molecule has 1 heterocycles. The lowest BCUT2D eigenvalue weighted by atomic mass is 9.86. The zero-order valence-corrected chi connectivity index (χ0v) is 15.9. The maximum Gasteiger partial charge on any atom is 0.238 e. The van der Waals surface area contributed by atoms with Crippen LogP contribution in [-0.2, 0) is 10.2 Å². The topological polar surface area (TPSA) is 35.6 Å².